The molecule has 2 saturated heterocycles. The lowest BCUT2D eigenvalue weighted by molar-refractivity contribution is 0.0495. The lowest BCUT2D eigenvalue weighted by Crippen LogP contribution is -2.58. The van der Waals surface area contributed by atoms with Crippen molar-refractivity contribution in [3.05, 3.63) is 0 Å². The van der Waals surface area contributed by atoms with Crippen molar-refractivity contribution in [1.29, 1.82) is 0 Å². The minimum Gasteiger partial charge on any atom is -0.314 e. The summed E-state index contributed by atoms with van der Waals surface area (Å²) >= 11 is 0. The highest BCUT2D eigenvalue weighted by Gasteiger charge is 2.38. The third-order valence-electron chi connectivity index (χ3n) is 5.18. The Kier molecular flexibility index (Phi) is 5.49. The largest absolute Gasteiger partial charge is 0.314 e. The summed E-state index contributed by atoms with van der Waals surface area (Å²) in [6.45, 7) is 8.89. The quantitative estimate of drug-likeness (QED) is 0.858. The molecule has 1 N–H and O–H groups in total. The summed E-state index contributed by atoms with van der Waals surface area (Å²) in [6, 6.07) is 1.30. The molecule has 2 heterocycles. The molecule has 118 valence electrons. The fraction of sp³-hybridized carbons (Fsp3) is 1.00. The summed E-state index contributed by atoms with van der Waals surface area (Å²) in [5.41, 5.74) is 0. The van der Waals surface area contributed by atoms with Crippen molar-refractivity contribution in [2.24, 2.45) is 5.92 Å². The Hall–Kier alpha value is -0.130. The molecule has 4 nitrogen and oxygen atoms in total. The zero-order valence-corrected chi connectivity index (χ0v) is 14.0. The van der Waals surface area contributed by atoms with Crippen molar-refractivity contribution in [2.75, 3.05) is 24.6 Å². The van der Waals surface area contributed by atoms with Crippen LogP contribution in [0.2, 0.25) is 0 Å². The Morgan fingerprint density at radius 3 is 2.65 bits per heavy atom. The van der Waals surface area contributed by atoms with Gasteiger partial charge in [-0.2, -0.15) is 0 Å². The molecule has 2 aliphatic heterocycles. The highest BCUT2D eigenvalue weighted by atomic mass is 32.2. The van der Waals surface area contributed by atoms with Gasteiger partial charge in [0.25, 0.3) is 0 Å². The van der Waals surface area contributed by atoms with Crippen LogP contribution in [-0.4, -0.2) is 56.0 Å². The highest BCUT2D eigenvalue weighted by molar-refractivity contribution is 7.91. The minimum absolute atomic E-state index is 0.248. The summed E-state index contributed by atoms with van der Waals surface area (Å²) in [7, 11) is -2.81. The van der Waals surface area contributed by atoms with Gasteiger partial charge in [0.15, 0.2) is 9.84 Å². The van der Waals surface area contributed by atoms with Crippen LogP contribution in [0.3, 0.4) is 0 Å². The van der Waals surface area contributed by atoms with Crippen LogP contribution >= 0.6 is 0 Å². The Morgan fingerprint density at radius 1 is 1.25 bits per heavy atom. The van der Waals surface area contributed by atoms with Gasteiger partial charge < -0.3 is 5.32 Å². The molecule has 0 bridgehead atoms. The van der Waals surface area contributed by atoms with E-state index in [2.05, 4.69) is 31.0 Å². The van der Waals surface area contributed by atoms with Gasteiger partial charge in [0.1, 0.15) is 0 Å². The van der Waals surface area contributed by atoms with E-state index in [0.717, 1.165) is 32.4 Å². The Balaban J connectivity index is 1.97. The molecule has 2 fully saturated rings. The normalized spacial score (nSPS) is 38.8. The first-order valence-corrected chi connectivity index (χ1v) is 9.96. The van der Waals surface area contributed by atoms with Gasteiger partial charge in [0.2, 0.25) is 0 Å². The number of rotatable bonds is 4. The van der Waals surface area contributed by atoms with Gasteiger partial charge in [-0.1, -0.05) is 13.8 Å². The molecule has 20 heavy (non-hydrogen) atoms. The van der Waals surface area contributed by atoms with E-state index < -0.39 is 9.84 Å². The maximum atomic E-state index is 11.9. The van der Waals surface area contributed by atoms with E-state index in [9.17, 15) is 8.42 Å². The van der Waals surface area contributed by atoms with Crippen molar-refractivity contribution >= 4 is 9.84 Å². The minimum atomic E-state index is -2.81. The highest BCUT2D eigenvalue weighted by Crippen LogP contribution is 2.29. The number of nitrogens with one attached hydrogen (secondary N) is 1. The zero-order valence-electron chi connectivity index (χ0n) is 13.1. The van der Waals surface area contributed by atoms with E-state index in [1.165, 1.54) is 6.42 Å². The Morgan fingerprint density at radius 2 is 2.00 bits per heavy atom. The van der Waals surface area contributed by atoms with Crippen LogP contribution in [0, 0.1) is 5.92 Å². The molecule has 0 aromatic heterocycles. The van der Waals surface area contributed by atoms with E-state index >= 15 is 0 Å². The first-order valence-electron chi connectivity index (χ1n) is 8.14. The summed E-state index contributed by atoms with van der Waals surface area (Å²) in [5.74, 6) is 1.35. The van der Waals surface area contributed by atoms with Crippen molar-refractivity contribution < 1.29 is 8.42 Å². The summed E-state index contributed by atoms with van der Waals surface area (Å²) in [4.78, 5) is 2.46. The first kappa shape index (κ1) is 16.2. The maximum Gasteiger partial charge on any atom is 0.151 e. The summed E-state index contributed by atoms with van der Waals surface area (Å²) in [6.07, 6.45) is 4.19. The number of sulfone groups is 1. The molecule has 0 spiro atoms. The SMILES string of the molecule is CCCNC1CCN(C2CCCS(=O)(=O)C2)C(C)C1C. The van der Waals surface area contributed by atoms with Gasteiger partial charge in [-0.05, 0) is 45.1 Å². The number of hydrogen-bond acceptors (Lipinski definition) is 4. The van der Waals surface area contributed by atoms with Gasteiger partial charge >= 0.3 is 0 Å². The molecule has 0 aromatic rings. The molecular formula is C15H30N2O2S. The van der Waals surface area contributed by atoms with Crippen LogP contribution in [0.25, 0.3) is 0 Å². The second kappa shape index (κ2) is 6.75. The van der Waals surface area contributed by atoms with E-state index in [-0.39, 0.29) is 6.04 Å². The molecule has 2 rings (SSSR count). The van der Waals surface area contributed by atoms with E-state index in [4.69, 9.17) is 0 Å². The molecule has 0 amide bonds. The summed E-state index contributed by atoms with van der Waals surface area (Å²) < 4.78 is 23.7. The van der Waals surface area contributed by atoms with Gasteiger partial charge in [-0.3, -0.25) is 4.90 Å². The van der Waals surface area contributed by atoms with E-state index in [1.54, 1.807) is 0 Å². The lowest BCUT2D eigenvalue weighted by Gasteiger charge is -2.47. The number of piperidine rings is 1. The average molecular weight is 302 g/mol. The van der Waals surface area contributed by atoms with Crippen LogP contribution in [0.4, 0.5) is 0 Å². The van der Waals surface area contributed by atoms with Crippen molar-refractivity contribution in [1.82, 2.24) is 10.2 Å². The fourth-order valence-corrected chi connectivity index (χ4v) is 5.50. The molecule has 0 aromatic carbocycles. The van der Waals surface area contributed by atoms with Crippen molar-refractivity contribution in [3.8, 4) is 0 Å². The van der Waals surface area contributed by atoms with Crippen LogP contribution in [-0.2, 0) is 9.84 Å². The second-order valence-electron chi connectivity index (χ2n) is 6.60. The molecule has 4 atom stereocenters. The topological polar surface area (TPSA) is 49.4 Å². The predicted molar refractivity (Wildman–Crippen MR) is 83.7 cm³/mol. The number of hydrogen-bond donors (Lipinski definition) is 1. The predicted octanol–water partition coefficient (Wildman–Crippen LogP) is 1.66. The Labute approximate surface area is 124 Å². The van der Waals surface area contributed by atoms with Gasteiger partial charge in [0.05, 0.1) is 11.5 Å². The summed E-state index contributed by atoms with van der Waals surface area (Å²) in [5, 5.41) is 3.65. The number of nitrogens with zero attached hydrogens (tertiary/aromatic N) is 1. The van der Waals surface area contributed by atoms with Crippen molar-refractivity contribution in [2.45, 2.75) is 64.6 Å². The van der Waals surface area contributed by atoms with Crippen LogP contribution in [0.5, 0.6) is 0 Å². The third kappa shape index (κ3) is 3.74. The zero-order chi connectivity index (χ0) is 14.8. The van der Waals surface area contributed by atoms with Gasteiger partial charge in [-0.25, -0.2) is 8.42 Å². The maximum absolute atomic E-state index is 11.9. The van der Waals surface area contributed by atoms with Crippen LogP contribution < -0.4 is 5.32 Å². The molecule has 4 unspecified atom stereocenters. The van der Waals surface area contributed by atoms with Crippen LogP contribution in [0.1, 0.15) is 46.5 Å². The smallest absolute Gasteiger partial charge is 0.151 e. The monoisotopic (exact) mass is 302 g/mol. The second-order valence-corrected chi connectivity index (χ2v) is 8.83. The molecule has 0 saturated carbocycles. The standard InChI is InChI=1S/C15H30N2O2S/c1-4-8-16-15-7-9-17(13(3)12(15)2)14-6-5-10-20(18,19)11-14/h12-16H,4-11H2,1-3H3. The number of likely N-dealkylation sites (tertiary alicyclic amines) is 1. The first-order chi connectivity index (χ1) is 9.44. The van der Waals surface area contributed by atoms with E-state index in [1.807, 2.05) is 0 Å². The molecule has 2 aliphatic rings. The van der Waals surface area contributed by atoms with Gasteiger partial charge in [-0.15, -0.1) is 0 Å². The fourth-order valence-electron chi connectivity index (χ4n) is 3.79. The lowest BCUT2D eigenvalue weighted by atomic mass is 9.85. The van der Waals surface area contributed by atoms with E-state index in [0.29, 0.717) is 29.5 Å². The van der Waals surface area contributed by atoms with Crippen LogP contribution in [0.15, 0.2) is 0 Å². The molecule has 0 radical (unpaired) electrons. The third-order valence-corrected chi connectivity index (χ3v) is 6.98. The average Bonchev–Trinajstić information content (AvgIpc) is 2.39. The van der Waals surface area contributed by atoms with Gasteiger partial charge in [0, 0.05) is 24.7 Å². The van der Waals surface area contributed by atoms with Crippen molar-refractivity contribution in [3.63, 3.8) is 0 Å². The molecule has 5 heteroatoms. The Bertz CT molecular complexity index is 410. The molecular weight excluding hydrogens is 272 g/mol. The molecule has 0 aliphatic carbocycles.